The first-order valence-corrected chi connectivity index (χ1v) is 17.3. The minimum absolute atomic E-state index is 0.106. The number of aliphatic hydroxyl groups excluding tert-OH is 1. The summed E-state index contributed by atoms with van der Waals surface area (Å²) < 4.78 is 12.9. The molecule has 3 fully saturated rings. The molecular formula is C37H44BrN3O7. The van der Waals surface area contributed by atoms with Gasteiger partial charge in [0.15, 0.2) is 0 Å². The van der Waals surface area contributed by atoms with Gasteiger partial charge in [0, 0.05) is 30.0 Å². The summed E-state index contributed by atoms with van der Waals surface area (Å²) in [6.45, 7) is 12.9. The van der Waals surface area contributed by atoms with Crippen molar-refractivity contribution < 1.29 is 33.8 Å². The second-order valence-electron chi connectivity index (χ2n) is 12.9. The average Bonchev–Trinajstić information content (AvgIpc) is 3.66. The number of carbonyl (C=O) groups excluding carboxylic acids is 4. The van der Waals surface area contributed by atoms with Crippen molar-refractivity contribution in [3.8, 4) is 0 Å². The molecule has 3 amide bonds. The minimum atomic E-state index is -1.34. The van der Waals surface area contributed by atoms with E-state index in [0.29, 0.717) is 24.1 Å². The zero-order valence-electron chi connectivity index (χ0n) is 27.6. The van der Waals surface area contributed by atoms with Crippen LogP contribution in [0.2, 0.25) is 0 Å². The number of nitrogens with zero attached hydrogens (tertiary/aromatic N) is 2. The number of ether oxygens (including phenoxy) is 2. The lowest BCUT2D eigenvalue weighted by Gasteiger charge is -2.37. The molecule has 3 aliphatic heterocycles. The SMILES string of the molecule is C=CCCC(=O)N[C@@H](C)[C@H](OC(=O)[C@@H]1[C@H]2O[C@@]3(CC2Br)[C@H](C(=O)N(CC=C)c2cc(C)ccc2C)N(CCO)C(=O)[C@@H]13)c1ccccc1. The fourth-order valence-corrected chi connectivity index (χ4v) is 8.50. The van der Waals surface area contributed by atoms with Gasteiger partial charge in [0.25, 0.3) is 5.91 Å². The number of aryl methyl sites for hydroxylation is 2. The Morgan fingerprint density at radius 3 is 2.58 bits per heavy atom. The molecule has 2 bridgehead atoms. The number of hydrogen-bond acceptors (Lipinski definition) is 7. The molecule has 48 heavy (non-hydrogen) atoms. The molecule has 5 rings (SSSR count). The number of hydrogen-bond donors (Lipinski definition) is 2. The zero-order valence-corrected chi connectivity index (χ0v) is 29.2. The van der Waals surface area contributed by atoms with Crippen molar-refractivity contribution in [2.45, 2.75) is 74.8 Å². The molecule has 8 atom stereocenters. The number of rotatable bonds is 14. The lowest BCUT2D eigenvalue weighted by Crippen LogP contribution is -2.57. The highest BCUT2D eigenvalue weighted by Gasteiger charge is 2.77. The third kappa shape index (κ3) is 6.47. The van der Waals surface area contributed by atoms with E-state index in [9.17, 15) is 24.3 Å². The molecule has 256 valence electrons. The van der Waals surface area contributed by atoms with Crippen LogP contribution in [0.3, 0.4) is 0 Å². The highest BCUT2D eigenvalue weighted by Crippen LogP contribution is 2.60. The van der Waals surface area contributed by atoms with Crippen LogP contribution < -0.4 is 10.2 Å². The molecule has 11 heteroatoms. The Balaban J connectivity index is 1.50. The first-order chi connectivity index (χ1) is 23.0. The Hall–Kier alpha value is -3.80. The topological polar surface area (TPSA) is 125 Å². The van der Waals surface area contributed by atoms with Gasteiger partial charge in [-0.15, -0.1) is 13.2 Å². The number of anilines is 1. The van der Waals surface area contributed by atoms with Crippen LogP contribution in [0.4, 0.5) is 5.69 Å². The summed E-state index contributed by atoms with van der Waals surface area (Å²) in [5.41, 5.74) is 1.86. The van der Waals surface area contributed by atoms with Gasteiger partial charge >= 0.3 is 5.97 Å². The number of amides is 3. The lowest BCUT2D eigenvalue weighted by atomic mass is 9.70. The van der Waals surface area contributed by atoms with Gasteiger partial charge in [-0.25, -0.2) is 0 Å². The first kappa shape index (κ1) is 35.5. The predicted octanol–water partition coefficient (Wildman–Crippen LogP) is 4.32. The molecule has 0 radical (unpaired) electrons. The Morgan fingerprint density at radius 2 is 1.92 bits per heavy atom. The molecular weight excluding hydrogens is 678 g/mol. The van der Waals surface area contributed by atoms with Gasteiger partial charge in [0.2, 0.25) is 11.8 Å². The van der Waals surface area contributed by atoms with Gasteiger partial charge in [-0.3, -0.25) is 19.2 Å². The molecule has 2 N–H and O–H groups in total. The summed E-state index contributed by atoms with van der Waals surface area (Å²) in [4.78, 5) is 58.6. The van der Waals surface area contributed by atoms with Gasteiger partial charge < -0.3 is 29.7 Å². The number of benzene rings is 2. The van der Waals surface area contributed by atoms with Crippen molar-refractivity contribution in [1.82, 2.24) is 10.2 Å². The highest BCUT2D eigenvalue weighted by atomic mass is 79.9. The number of fused-ring (bicyclic) bond motifs is 1. The second kappa shape index (κ2) is 14.8. The Kier molecular flexibility index (Phi) is 10.9. The molecule has 0 aliphatic carbocycles. The number of halogens is 1. The highest BCUT2D eigenvalue weighted by molar-refractivity contribution is 9.09. The summed E-state index contributed by atoms with van der Waals surface area (Å²) >= 11 is 3.70. The van der Waals surface area contributed by atoms with E-state index in [-0.39, 0.29) is 42.8 Å². The molecule has 1 spiro atoms. The third-order valence-electron chi connectivity index (χ3n) is 9.66. The number of carbonyl (C=O) groups is 4. The number of β-amino-alcohol motifs (C(OH)–C–C–N with tert-alkyl or cyclic N) is 1. The minimum Gasteiger partial charge on any atom is -0.455 e. The predicted molar refractivity (Wildman–Crippen MR) is 185 cm³/mol. The van der Waals surface area contributed by atoms with Gasteiger partial charge in [0.1, 0.15) is 17.7 Å². The van der Waals surface area contributed by atoms with Gasteiger partial charge in [0.05, 0.1) is 30.6 Å². The zero-order chi connectivity index (χ0) is 34.7. The van der Waals surface area contributed by atoms with Crippen molar-refractivity contribution in [1.29, 1.82) is 0 Å². The van der Waals surface area contributed by atoms with Crippen LogP contribution in [0.5, 0.6) is 0 Å². The number of likely N-dealkylation sites (tertiary alicyclic amines) is 1. The molecule has 3 heterocycles. The van der Waals surface area contributed by atoms with E-state index in [1.165, 1.54) is 4.90 Å². The van der Waals surface area contributed by atoms with E-state index < -0.39 is 53.6 Å². The summed E-state index contributed by atoms with van der Waals surface area (Å²) in [5.74, 6) is -3.71. The Labute approximate surface area is 290 Å². The Morgan fingerprint density at radius 1 is 1.19 bits per heavy atom. The maximum absolute atomic E-state index is 14.7. The monoisotopic (exact) mass is 721 g/mol. The summed E-state index contributed by atoms with van der Waals surface area (Å²) in [6, 6.07) is 13.2. The number of esters is 1. The molecule has 2 aromatic rings. The Bertz CT molecular complexity index is 1570. The summed E-state index contributed by atoms with van der Waals surface area (Å²) in [7, 11) is 0. The molecule has 2 aromatic carbocycles. The van der Waals surface area contributed by atoms with Crippen LogP contribution in [0, 0.1) is 25.7 Å². The maximum Gasteiger partial charge on any atom is 0.313 e. The van der Waals surface area contributed by atoms with Crippen molar-refractivity contribution in [3.05, 3.63) is 90.5 Å². The van der Waals surface area contributed by atoms with E-state index in [1.54, 1.807) is 24.0 Å². The molecule has 3 aliphatic rings. The van der Waals surface area contributed by atoms with Crippen molar-refractivity contribution in [3.63, 3.8) is 0 Å². The quantitative estimate of drug-likeness (QED) is 0.169. The van der Waals surface area contributed by atoms with Crippen LogP contribution in [0.15, 0.2) is 73.8 Å². The van der Waals surface area contributed by atoms with Crippen LogP contribution in [-0.4, -0.2) is 82.0 Å². The van der Waals surface area contributed by atoms with Crippen molar-refractivity contribution in [2.24, 2.45) is 11.8 Å². The molecule has 1 unspecified atom stereocenters. The van der Waals surface area contributed by atoms with Crippen LogP contribution in [-0.2, 0) is 28.7 Å². The molecule has 10 nitrogen and oxygen atoms in total. The molecule has 0 saturated carbocycles. The number of nitrogens with one attached hydrogen (secondary N) is 1. The first-order valence-electron chi connectivity index (χ1n) is 16.4. The van der Waals surface area contributed by atoms with E-state index >= 15 is 0 Å². The van der Waals surface area contributed by atoms with Gasteiger partial charge in [-0.2, -0.15) is 0 Å². The average molecular weight is 723 g/mol. The second-order valence-corrected chi connectivity index (χ2v) is 14.1. The normalized spacial score (nSPS) is 26.8. The third-order valence-corrected chi connectivity index (χ3v) is 10.5. The smallest absolute Gasteiger partial charge is 0.313 e. The number of aliphatic hydroxyl groups is 1. The summed E-state index contributed by atoms with van der Waals surface area (Å²) in [6.07, 6.45) is 2.76. The number of allylic oxidation sites excluding steroid dienone is 1. The lowest BCUT2D eigenvalue weighted by molar-refractivity contribution is -0.162. The van der Waals surface area contributed by atoms with E-state index in [4.69, 9.17) is 9.47 Å². The standard InChI is InChI=1S/C37H44BrN3O7/c1-6-8-14-28(43)39-24(5)31(25-12-10-9-11-13-25)47-36(46)29-30-34(44)41(18-19-42)33(37(30)21-26(38)32(29)48-37)35(45)40(17-7-2)27-20-22(3)15-16-23(27)4/h6-7,9-13,15-16,20,24,26,29-33,42H,1-2,8,14,17-19,21H2,3-5H3,(H,39,43)/t24-,26?,29-,30+,31-,32-,33-,37+/m0/s1. The van der Waals surface area contributed by atoms with Crippen LogP contribution >= 0.6 is 15.9 Å². The maximum atomic E-state index is 14.7. The van der Waals surface area contributed by atoms with Crippen LogP contribution in [0.25, 0.3) is 0 Å². The van der Waals surface area contributed by atoms with Gasteiger partial charge in [-0.1, -0.05) is 70.5 Å². The molecule has 0 aromatic heterocycles. The fraction of sp³-hybridized carbons (Fsp3) is 0.459. The van der Waals surface area contributed by atoms with Crippen molar-refractivity contribution in [2.75, 3.05) is 24.6 Å². The van der Waals surface area contributed by atoms with E-state index in [2.05, 4.69) is 34.4 Å². The van der Waals surface area contributed by atoms with Crippen molar-refractivity contribution >= 4 is 45.3 Å². The van der Waals surface area contributed by atoms with E-state index in [1.807, 2.05) is 62.4 Å². The largest absolute Gasteiger partial charge is 0.455 e. The van der Waals surface area contributed by atoms with Crippen LogP contribution in [0.1, 0.15) is 49.0 Å². The van der Waals surface area contributed by atoms with E-state index in [0.717, 1.165) is 11.1 Å². The molecule has 3 saturated heterocycles. The van der Waals surface area contributed by atoms with Gasteiger partial charge in [-0.05, 0) is 56.4 Å². The fourth-order valence-electron chi connectivity index (χ4n) is 7.56. The summed E-state index contributed by atoms with van der Waals surface area (Å²) in [5, 5.41) is 13.0. The number of alkyl halides is 1.